The third-order valence-electron chi connectivity index (χ3n) is 1.48. The molecule has 0 aromatic carbocycles. The number of nitrogens with zero attached hydrogens (tertiary/aromatic N) is 1. The molecule has 0 spiro atoms. The van der Waals surface area contributed by atoms with Crippen LogP contribution in [0.1, 0.15) is 48.0 Å². The van der Waals surface area contributed by atoms with E-state index in [1.807, 2.05) is 77.4 Å². The van der Waals surface area contributed by atoms with Crippen LogP contribution in [0.2, 0.25) is 0 Å². The number of hydrogen-bond acceptors (Lipinski definition) is 2. The van der Waals surface area contributed by atoms with Gasteiger partial charge in [0.2, 0.25) is 0 Å². The molecule has 0 aromatic rings. The maximum absolute atomic E-state index is 4.07. The minimum atomic E-state index is 0.981. The van der Waals surface area contributed by atoms with Crippen molar-refractivity contribution in [1.29, 1.82) is 0 Å². The summed E-state index contributed by atoms with van der Waals surface area (Å²) in [5, 5.41) is 2.08. The zero-order chi connectivity index (χ0) is 15.2. The van der Waals surface area contributed by atoms with Gasteiger partial charge in [-0.3, -0.25) is 4.99 Å². The highest BCUT2D eigenvalue weighted by Gasteiger charge is 1.73. The van der Waals surface area contributed by atoms with Crippen molar-refractivity contribution in [2.45, 2.75) is 48.0 Å². The van der Waals surface area contributed by atoms with Gasteiger partial charge in [-0.15, -0.1) is 11.8 Å². The summed E-state index contributed by atoms with van der Waals surface area (Å²) in [6, 6.07) is 0. The van der Waals surface area contributed by atoms with Gasteiger partial charge in [0, 0.05) is 18.2 Å². The van der Waals surface area contributed by atoms with Crippen LogP contribution in [0.3, 0.4) is 0 Å². The Morgan fingerprint density at radius 1 is 0.947 bits per heavy atom. The summed E-state index contributed by atoms with van der Waals surface area (Å²) >= 11 is 1.76. The summed E-state index contributed by atoms with van der Waals surface area (Å²) in [6.07, 6.45) is 16.9. The Labute approximate surface area is 125 Å². The minimum Gasteiger partial charge on any atom is -0.269 e. The smallest absolute Gasteiger partial charge is 0.0232 e. The Morgan fingerprint density at radius 3 is 2.05 bits per heavy atom. The molecular formula is C17H31NS. The first kappa shape index (κ1) is 23.1. The lowest BCUT2D eigenvalue weighted by Crippen LogP contribution is -1.66. The topological polar surface area (TPSA) is 12.4 Å². The summed E-state index contributed by atoms with van der Waals surface area (Å²) in [4.78, 5) is 4.07. The average molecular weight is 282 g/mol. The molecule has 0 aromatic heterocycles. The van der Waals surface area contributed by atoms with Crippen LogP contribution in [0.5, 0.6) is 0 Å². The molecule has 19 heavy (non-hydrogen) atoms. The first-order valence-corrected chi connectivity index (χ1v) is 8.01. The van der Waals surface area contributed by atoms with E-state index in [9.17, 15) is 0 Å². The fourth-order valence-electron chi connectivity index (χ4n) is 0.593. The van der Waals surface area contributed by atoms with Crippen LogP contribution in [0, 0.1) is 0 Å². The highest BCUT2D eigenvalue weighted by Crippen LogP contribution is 2.01. The predicted octanol–water partition coefficient (Wildman–Crippen LogP) is 6.41. The van der Waals surface area contributed by atoms with Crippen molar-refractivity contribution < 1.29 is 0 Å². The first-order valence-electron chi connectivity index (χ1n) is 6.96. The number of aliphatic imine (C=N–C) groups is 1. The molecule has 0 aliphatic rings. The second-order valence-corrected chi connectivity index (χ2v) is 3.92. The Bertz CT molecular complexity index is 256. The normalized spacial score (nSPS) is 11.3. The van der Waals surface area contributed by atoms with E-state index in [4.69, 9.17) is 0 Å². The summed E-state index contributed by atoms with van der Waals surface area (Å²) in [5.41, 5.74) is 0. The molecule has 0 aliphatic carbocycles. The summed E-state index contributed by atoms with van der Waals surface area (Å²) in [6.45, 7) is 12.1. The molecule has 0 rings (SSSR count). The van der Waals surface area contributed by atoms with Gasteiger partial charge in [0.25, 0.3) is 0 Å². The van der Waals surface area contributed by atoms with E-state index < -0.39 is 0 Å². The Morgan fingerprint density at radius 2 is 1.58 bits per heavy atom. The molecule has 1 nitrogen and oxygen atoms in total. The highest BCUT2D eigenvalue weighted by molar-refractivity contribution is 8.02. The van der Waals surface area contributed by atoms with Crippen molar-refractivity contribution in [1.82, 2.24) is 0 Å². The molecule has 0 bridgehead atoms. The maximum Gasteiger partial charge on any atom is 0.0232 e. The van der Waals surface area contributed by atoms with E-state index in [0.29, 0.717) is 0 Å². The second kappa shape index (κ2) is 30.2. The van der Waals surface area contributed by atoms with E-state index in [1.54, 1.807) is 11.8 Å². The molecule has 0 saturated heterocycles. The van der Waals surface area contributed by atoms with Gasteiger partial charge < -0.3 is 0 Å². The average Bonchev–Trinajstić information content (AvgIpc) is 2.48. The van der Waals surface area contributed by atoms with Gasteiger partial charge in [0.15, 0.2) is 0 Å². The second-order valence-electron chi connectivity index (χ2n) is 2.98. The van der Waals surface area contributed by atoms with Gasteiger partial charge in [-0.05, 0) is 32.6 Å². The molecule has 0 unspecified atom stereocenters. The molecule has 0 N–H and O–H groups in total. The van der Waals surface area contributed by atoms with Crippen LogP contribution in [0.15, 0.2) is 53.1 Å². The molecule has 110 valence electrons. The van der Waals surface area contributed by atoms with E-state index in [2.05, 4.69) is 23.4 Å². The monoisotopic (exact) mass is 281 g/mol. The predicted molar refractivity (Wildman–Crippen MR) is 96.2 cm³/mol. The lowest BCUT2D eigenvalue weighted by molar-refractivity contribution is 1.31. The van der Waals surface area contributed by atoms with Crippen molar-refractivity contribution in [3.05, 3.63) is 48.1 Å². The van der Waals surface area contributed by atoms with E-state index >= 15 is 0 Å². The number of thioether (sulfide) groups is 1. The summed E-state index contributed by atoms with van der Waals surface area (Å²) in [5.74, 6) is 0.981. The van der Waals surface area contributed by atoms with E-state index in [-0.39, 0.29) is 0 Å². The fraction of sp³-hybridized carbons (Fsp3) is 0.471. The lowest BCUT2D eigenvalue weighted by Gasteiger charge is -1.83. The number of hydrogen-bond donors (Lipinski definition) is 0. The number of rotatable bonds is 6. The molecule has 0 aliphatic heterocycles. The summed E-state index contributed by atoms with van der Waals surface area (Å²) < 4.78 is 0. The first-order chi connectivity index (χ1) is 9.33. The van der Waals surface area contributed by atoms with Gasteiger partial charge in [0.05, 0.1) is 0 Å². The van der Waals surface area contributed by atoms with Gasteiger partial charge in [0.1, 0.15) is 0 Å². The fourth-order valence-corrected chi connectivity index (χ4v) is 1.10. The van der Waals surface area contributed by atoms with Gasteiger partial charge in [-0.1, -0.05) is 57.2 Å². The SMILES string of the molecule is C/C=C/C=C/SC/C=C\N=CCC.C/C=C\C.CC. The molecular weight excluding hydrogens is 250 g/mol. The van der Waals surface area contributed by atoms with Crippen molar-refractivity contribution in [3.63, 3.8) is 0 Å². The molecule has 0 radical (unpaired) electrons. The van der Waals surface area contributed by atoms with Crippen molar-refractivity contribution in [3.8, 4) is 0 Å². The molecule has 0 heterocycles. The van der Waals surface area contributed by atoms with Crippen LogP contribution >= 0.6 is 11.8 Å². The third kappa shape index (κ3) is 38.3. The third-order valence-corrected chi connectivity index (χ3v) is 2.22. The van der Waals surface area contributed by atoms with Gasteiger partial charge in [-0.25, -0.2) is 0 Å². The van der Waals surface area contributed by atoms with Crippen LogP contribution in [0.4, 0.5) is 0 Å². The summed E-state index contributed by atoms with van der Waals surface area (Å²) in [7, 11) is 0. The Balaban J connectivity index is -0.000000361. The van der Waals surface area contributed by atoms with Gasteiger partial charge >= 0.3 is 0 Å². The zero-order valence-corrected chi connectivity index (χ0v) is 14.3. The number of allylic oxidation sites excluding steroid dienone is 5. The lowest BCUT2D eigenvalue weighted by atomic mass is 10.5. The molecule has 0 amide bonds. The standard InChI is InChI=1S/C11H17NS.C4H8.C2H6/c1-3-5-6-10-13-11-7-9-12-8-4-2;1-3-4-2;1-2/h3,5-10H,4,11H2,1-2H3;3-4H,1-2H3;1-2H3/b5-3+,9-7-,10-6+,12-8?;4-3-;. The van der Waals surface area contributed by atoms with Crippen molar-refractivity contribution >= 4 is 18.0 Å². The molecule has 0 saturated carbocycles. The quantitative estimate of drug-likeness (QED) is 0.237. The van der Waals surface area contributed by atoms with Crippen LogP contribution in [0.25, 0.3) is 0 Å². The van der Waals surface area contributed by atoms with Crippen LogP contribution < -0.4 is 0 Å². The molecule has 0 atom stereocenters. The Hall–Kier alpha value is -1.02. The van der Waals surface area contributed by atoms with Crippen LogP contribution in [-0.2, 0) is 0 Å². The largest absolute Gasteiger partial charge is 0.269 e. The maximum atomic E-state index is 4.07. The van der Waals surface area contributed by atoms with Gasteiger partial charge in [-0.2, -0.15) is 0 Å². The highest BCUT2D eigenvalue weighted by atomic mass is 32.2. The van der Waals surface area contributed by atoms with E-state index in [1.165, 1.54) is 0 Å². The van der Waals surface area contributed by atoms with Crippen molar-refractivity contribution in [2.24, 2.45) is 4.99 Å². The van der Waals surface area contributed by atoms with Crippen LogP contribution in [-0.4, -0.2) is 12.0 Å². The minimum absolute atomic E-state index is 0.981. The zero-order valence-electron chi connectivity index (χ0n) is 13.5. The molecule has 0 fully saturated rings. The molecule has 2 heteroatoms. The Kier molecular flexibility index (Phi) is 36.7. The van der Waals surface area contributed by atoms with Crippen molar-refractivity contribution in [2.75, 3.05) is 5.75 Å². The van der Waals surface area contributed by atoms with E-state index in [0.717, 1.165) is 12.2 Å².